The van der Waals surface area contributed by atoms with Crippen LogP contribution in [0.3, 0.4) is 0 Å². The van der Waals surface area contributed by atoms with Crippen molar-refractivity contribution in [2.75, 3.05) is 19.7 Å². The molecule has 4 rings (SSSR count). The van der Waals surface area contributed by atoms with Crippen molar-refractivity contribution in [1.82, 2.24) is 10.1 Å². The van der Waals surface area contributed by atoms with Gasteiger partial charge in [0.1, 0.15) is 11.8 Å². The largest absolute Gasteiger partial charge is 0.370 e. The predicted molar refractivity (Wildman–Crippen MR) is 99.4 cm³/mol. The molecule has 2 aromatic carbocycles. The van der Waals surface area contributed by atoms with Gasteiger partial charge in [-0.15, -0.1) is 0 Å². The molecule has 0 aliphatic carbocycles. The van der Waals surface area contributed by atoms with E-state index in [9.17, 15) is 4.79 Å². The predicted octanol–water partition coefficient (Wildman–Crippen LogP) is 4.28. The Labute approximate surface area is 160 Å². The maximum absolute atomic E-state index is 12.7. The van der Waals surface area contributed by atoms with Crippen molar-refractivity contribution in [3.05, 3.63) is 63.8 Å². The van der Waals surface area contributed by atoms with Gasteiger partial charge in [-0.3, -0.25) is 4.79 Å². The third-order valence-corrected chi connectivity index (χ3v) is 5.24. The van der Waals surface area contributed by atoms with Gasteiger partial charge < -0.3 is 14.2 Å². The molecule has 1 atom stereocenters. The molecule has 1 aliphatic heterocycles. The molecular formula is C19H16Cl2N2O3. The van der Waals surface area contributed by atoms with E-state index in [1.807, 2.05) is 30.3 Å². The highest BCUT2D eigenvalue weighted by atomic mass is 35.5. The van der Waals surface area contributed by atoms with Gasteiger partial charge in [0.15, 0.2) is 5.58 Å². The van der Waals surface area contributed by atoms with Crippen molar-refractivity contribution in [3.63, 3.8) is 0 Å². The quantitative estimate of drug-likeness (QED) is 0.669. The summed E-state index contributed by atoms with van der Waals surface area (Å²) in [5.41, 5.74) is 2.25. The molecule has 1 aromatic heterocycles. The van der Waals surface area contributed by atoms with Crippen LogP contribution in [-0.2, 0) is 16.0 Å². The summed E-state index contributed by atoms with van der Waals surface area (Å²) in [5.74, 6) is -0.00239. The number of hydrogen-bond acceptors (Lipinski definition) is 4. The topological polar surface area (TPSA) is 55.6 Å². The minimum absolute atomic E-state index is 0.00239. The number of carbonyl (C=O) groups excluding carboxylic acids is 1. The molecule has 0 spiro atoms. The minimum atomic E-state index is -0.225. The van der Waals surface area contributed by atoms with Gasteiger partial charge in [-0.25, -0.2) is 0 Å². The number of rotatable bonds is 3. The second-order valence-electron chi connectivity index (χ2n) is 6.17. The SMILES string of the molecule is O=C(Cc1noc2ccccc12)N1CCOC(c2ccc(Cl)c(Cl)c2)C1. The number of benzene rings is 2. The Bertz CT molecular complexity index is 957. The molecule has 1 aliphatic rings. The van der Waals surface area contributed by atoms with E-state index >= 15 is 0 Å². The maximum Gasteiger partial charge on any atom is 0.228 e. The lowest BCUT2D eigenvalue weighted by molar-refractivity contribution is -0.138. The lowest BCUT2D eigenvalue weighted by Crippen LogP contribution is -2.43. The number of morpholine rings is 1. The van der Waals surface area contributed by atoms with Gasteiger partial charge in [-0.05, 0) is 29.8 Å². The van der Waals surface area contributed by atoms with Crippen LogP contribution in [0, 0.1) is 0 Å². The summed E-state index contributed by atoms with van der Waals surface area (Å²) in [5, 5.41) is 5.89. The van der Waals surface area contributed by atoms with E-state index in [0.717, 1.165) is 10.9 Å². The summed E-state index contributed by atoms with van der Waals surface area (Å²) in [6.45, 7) is 1.48. The minimum Gasteiger partial charge on any atom is -0.370 e. The van der Waals surface area contributed by atoms with E-state index in [0.29, 0.717) is 41.0 Å². The summed E-state index contributed by atoms with van der Waals surface area (Å²) in [4.78, 5) is 14.5. The molecule has 5 nitrogen and oxygen atoms in total. The Morgan fingerprint density at radius 1 is 1.19 bits per heavy atom. The Hall–Kier alpha value is -2.08. The van der Waals surface area contributed by atoms with Gasteiger partial charge in [-0.2, -0.15) is 0 Å². The van der Waals surface area contributed by atoms with Crippen LogP contribution in [0.25, 0.3) is 11.0 Å². The first kappa shape index (κ1) is 17.3. The summed E-state index contributed by atoms with van der Waals surface area (Å²) in [6, 6.07) is 12.9. The van der Waals surface area contributed by atoms with Crippen molar-refractivity contribution in [2.45, 2.75) is 12.5 Å². The molecule has 26 heavy (non-hydrogen) atoms. The smallest absolute Gasteiger partial charge is 0.228 e. The second-order valence-corrected chi connectivity index (χ2v) is 6.99. The highest BCUT2D eigenvalue weighted by molar-refractivity contribution is 6.42. The first-order valence-electron chi connectivity index (χ1n) is 8.29. The van der Waals surface area contributed by atoms with Crippen molar-refractivity contribution >= 4 is 40.1 Å². The fourth-order valence-corrected chi connectivity index (χ4v) is 3.42. The monoisotopic (exact) mass is 390 g/mol. The number of ether oxygens (including phenoxy) is 1. The summed E-state index contributed by atoms with van der Waals surface area (Å²) < 4.78 is 11.1. The van der Waals surface area contributed by atoms with Gasteiger partial charge >= 0.3 is 0 Å². The third-order valence-electron chi connectivity index (χ3n) is 4.51. The van der Waals surface area contributed by atoms with Crippen LogP contribution in [0.15, 0.2) is 47.0 Å². The standard InChI is InChI=1S/C19H16Cl2N2O3/c20-14-6-5-12(9-15(14)21)18-11-23(7-8-25-18)19(24)10-16-13-3-1-2-4-17(13)26-22-16/h1-6,9,18H,7-8,10-11H2. The summed E-state index contributed by atoms with van der Waals surface area (Å²) in [7, 11) is 0. The molecule has 0 bridgehead atoms. The van der Waals surface area contributed by atoms with E-state index < -0.39 is 0 Å². The van der Waals surface area contributed by atoms with Crippen LogP contribution in [0.1, 0.15) is 17.4 Å². The maximum atomic E-state index is 12.7. The highest BCUT2D eigenvalue weighted by Gasteiger charge is 2.26. The molecule has 1 fully saturated rings. The lowest BCUT2D eigenvalue weighted by Gasteiger charge is -2.33. The number of carbonyl (C=O) groups is 1. The number of aromatic nitrogens is 1. The average Bonchev–Trinajstić information content (AvgIpc) is 3.07. The second kappa shape index (κ2) is 7.27. The number of amides is 1. The van der Waals surface area contributed by atoms with E-state index in [1.54, 1.807) is 17.0 Å². The van der Waals surface area contributed by atoms with Crippen molar-refractivity contribution in [2.24, 2.45) is 0 Å². The first-order chi connectivity index (χ1) is 12.6. The molecule has 134 valence electrons. The fraction of sp³-hybridized carbons (Fsp3) is 0.263. The Kier molecular flexibility index (Phi) is 4.85. The molecule has 0 radical (unpaired) electrons. The van der Waals surface area contributed by atoms with E-state index in [4.69, 9.17) is 32.5 Å². The number of nitrogens with zero attached hydrogens (tertiary/aromatic N) is 2. The Balaban J connectivity index is 1.48. The number of para-hydroxylation sites is 1. The summed E-state index contributed by atoms with van der Waals surface area (Å²) >= 11 is 12.1. The summed E-state index contributed by atoms with van der Waals surface area (Å²) in [6.07, 6.45) is -0.0259. The molecule has 0 N–H and O–H groups in total. The van der Waals surface area contributed by atoms with Crippen molar-refractivity contribution < 1.29 is 14.1 Å². The zero-order valence-electron chi connectivity index (χ0n) is 13.8. The highest BCUT2D eigenvalue weighted by Crippen LogP contribution is 2.29. The number of fused-ring (bicyclic) bond motifs is 1. The number of halogens is 2. The first-order valence-corrected chi connectivity index (χ1v) is 9.05. The molecule has 3 aromatic rings. The van der Waals surface area contributed by atoms with Crippen LogP contribution in [0.5, 0.6) is 0 Å². The molecule has 1 amide bonds. The van der Waals surface area contributed by atoms with Crippen LogP contribution >= 0.6 is 23.2 Å². The molecule has 2 heterocycles. The Morgan fingerprint density at radius 2 is 2.04 bits per heavy atom. The van der Waals surface area contributed by atoms with E-state index in [2.05, 4.69) is 5.16 Å². The van der Waals surface area contributed by atoms with Gasteiger partial charge in [-0.1, -0.05) is 46.6 Å². The van der Waals surface area contributed by atoms with Crippen LogP contribution in [0.2, 0.25) is 10.0 Å². The number of hydrogen-bond donors (Lipinski definition) is 0. The van der Waals surface area contributed by atoms with Gasteiger partial charge in [0, 0.05) is 11.9 Å². The van der Waals surface area contributed by atoms with E-state index in [1.165, 1.54) is 0 Å². The van der Waals surface area contributed by atoms with Crippen molar-refractivity contribution in [1.29, 1.82) is 0 Å². The van der Waals surface area contributed by atoms with Crippen molar-refractivity contribution in [3.8, 4) is 0 Å². The zero-order valence-corrected chi connectivity index (χ0v) is 15.3. The fourth-order valence-electron chi connectivity index (χ4n) is 3.11. The van der Waals surface area contributed by atoms with Crippen LogP contribution in [-0.4, -0.2) is 35.7 Å². The average molecular weight is 391 g/mol. The lowest BCUT2D eigenvalue weighted by atomic mass is 10.1. The molecule has 7 heteroatoms. The molecule has 1 saturated heterocycles. The molecular weight excluding hydrogens is 375 g/mol. The van der Waals surface area contributed by atoms with Gasteiger partial charge in [0.05, 0.1) is 29.6 Å². The molecule has 0 saturated carbocycles. The van der Waals surface area contributed by atoms with E-state index in [-0.39, 0.29) is 18.4 Å². The van der Waals surface area contributed by atoms with Gasteiger partial charge in [0.2, 0.25) is 5.91 Å². The van der Waals surface area contributed by atoms with Gasteiger partial charge in [0.25, 0.3) is 0 Å². The zero-order chi connectivity index (χ0) is 18.1. The van der Waals surface area contributed by atoms with Crippen LogP contribution in [0.4, 0.5) is 0 Å². The normalized spacial score (nSPS) is 17.6. The third kappa shape index (κ3) is 3.43. The van der Waals surface area contributed by atoms with Crippen LogP contribution < -0.4 is 0 Å². The Morgan fingerprint density at radius 3 is 2.88 bits per heavy atom. The molecule has 1 unspecified atom stereocenters.